The van der Waals surface area contributed by atoms with Gasteiger partial charge in [-0.05, 0) is 24.6 Å². The summed E-state index contributed by atoms with van der Waals surface area (Å²) in [6.07, 6.45) is 3.11. The molecular formula is C19H21N5O4. The molecule has 1 aliphatic heterocycles. The van der Waals surface area contributed by atoms with Gasteiger partial charge < -0.3 is 14.8 Å². The number of hydrogen-bond donors (Lipinski definition) is 1. The summed E-state index contributed by atoms with van der Waals surface area (Å²) in [6, 6.07) is 5.44. The van der Waals surface area contributed by atoms with Crippen LogP contribution in [0.15, 0.2) is 35.5 Å². The van der Waals surface area contributed by atoms with Crippen LogP contribution in [0.2, 0.25) is 0 Å². The number of aryl methyl sites for hydroxylation is 2. The number of hydrogen-bond acceptors (Lipinski definition) is 6. The van der Waals surface area contributed by atoms with Crippen molar-refractivity contribution in [2.24, 2.45) is 7.05 Å². The molecule has 1 aromatic carbocycles. The number of rotatable bonds is 5. The Kier molecular flexibility index (Phi) is 4.72. The lowest BCUT2D eigenvalue weighted by molar-refractivity contribution is -0.121. The molecule has 0 saturated heterocycles. The molecule has 3 aromatic rings. The molecule has 1 atom stereocenters. The van der Waals surface area contributed by atoms with E-state index in [2.05, 4.69) is 15.4 Å². The van der Waals surface area contributed by atoms with Gasteiger partial charge in [-0.3, -0.25) is 18.8 Å². The van der Waals surface area contributed by atoms with Crippen LogP contribution in [0, 0.1) is 0 Å². The van der Waals surface area contributed by atoms with Crippen molar-refractivity contribution < 1.29 is 14.3 Å². The first-order chi connectivity index (χ1) is 13.5. The van der Waals surface area contributed by atoms with E-state index in [9.17, 15) is 9.59 Å². The molecular weight excluding hydrogens is 362 g/mol. The maximum Gasteiger partial charge on any atom is 0.264 e. The fraction of sp³-hybridized carbons (Fsp3) is 0.368. The van der Waals surface area contributed by atoms with Gasteiger partial charge in [-0.1, -0.05) is 6.07 Å². The Hall–Kier alpha value is -3.36. The third kappa shape index (κ3) is 3.42. The summed E-state index contributed by atoms with van der Waals surface area (Å²) in [7, 11) is 1.73. The van der Waals surface area contributed by atoms with Gasteiger partial charge in [0.1, 0.15) is 18.6 Å². The minimum Gasteiger partial charge on any atom is -0.486 e. The number of aromatic nitrogens is 4. The highest BCUT2D eigenvalue weighted by Gasteiger charge is 2.16. The second kappa shape index (κ2) is 7.34. The Morgan fingerprint density at radius 3 is 2.89 bits per heavy atom. The Balaban J connectivity index is 1.39. The molecule has 0 bridgehead atoms. The van der Waals surface area contributed by atoms with Gasteiger partial charge in [-0.25, -0.2) is 4.98 Å². The lowest BCUT2D eigenvalue weighted by atomic mass is 10.1. The Morgan fingerprint density at radius 1 is 1.29 bits per heavy atom. The molecule has 1 N–H and O–H groups in total. The van der Waals surface area contributed by atoms with Crippen molar-refractivity contribution in [1.29, 1.82) is 0 Å². The average molecular weight is 383 g/mol. The van der Waals surface area contributed by atoms with Crippen molar-refractivity contribution in [3.05, 3.63) is 46.6 Å². The van der Waals surface area contributed by atoms with Crippen LogP contribution < -0.4 is 20.3 Å². The summed E-state index contributed by atoms with van der Waals surface area (Å²) in [6.45, 7) is 3.20. The first kappa shape index (κ1) is 18.0. The molecule has 0 radical (unpaired) electrons. The zero-order valence-electron chi connectivity index (χ0n) is 15.7. The quantitative estimate of drug-likeness (QED) is 0.710. The Bertz CT molecular complexity index is 1090. The van der Waals surface area contributed by atoms with E-state index in [0.717, 1.165) is 5.56 Å². The van der Waals surface area contributed by atoms with Crippen LogP contribution in [-0.2, 0) is 18.4 Å². The topological polar surface area (TPSA) is 100 Å². The number of nitrogens with one attached hydrogen (secondary N) is 1. The number of carbonyl (C=O) groups is 1. The maximum absolute atomic E-state index is 12.4. The first-order valence-electron chi connectivity index (χ1n) is 9.09. The van der Waals surface area contributed by atoms with Crippen LogP contribution in [0.3, 0.4) is 0 Å². The molecule has 0 unspecified atom stereocenters. The Morgan fingerprint density at radius 2 is 2.07 bits per heavy atom. The predicted molar refractivity (Wildman–Crippen MR) is 101 cm³/mol. The summed E-state index contributed by atoms with van der Waals surface area (Å²) < 4.78 is 14.1. The first-order valence-corrected chi connectivity index (χ1v) is 9.09. The van der Waals surface area contributed by atoms with Gasteiger partial charge in [0.25, 0.3) is 5.56 Å². The minimum absolute atomic E-state index is 0.152. The van der Waals surface area contributed by atoms with Crippen LogP contribution in [0.1, 0.15) is 24.9 Å². The lowest BCUT2D eigenvalue weighted by Crippen LogP contribution is -2.29. The largest absolute Gasteiger partial charge is 0.486 e. The molecule has 1 aliphatic rings. The SMILES string of the molecule is C[C@@H](NC(=O)CCn1cnc2c(cnn2C)c1=O)c1ccc2c(c1)OCCO2. The zero-order valence-corrected chi connectivity index (χ0v) is 15.7. The van der Waals surface area contributed by atoms with E-state index in [1.807, 2.05) is 25.1 Å². The van der Waals surface area contributed by atoms with E-state index < -0.39 is 0 Å². The number of amides is 1. The summed E-state index contributed by atoms with van der Waals surface area (Å²) >= 11 is 0. The molecule has 2 aromatic heterocycles. The Labute approximate surface area is 160 Å². The molecule has 9 heteroatoms. The van der Waals surface area contributed by atoms with Crippen LogP contribution in [0.5, 0.6) is 11.5 Å². The molecule has 3 heterocycles. The standard InChI is InChI=1S/C19H21N5O4/c1-12(13-3-4-15-16(9-13)28-8-7-27-15)22-17(25)5-6-24-11-20-18-14(19(24)26)10-21-23(18)2/h3-4,9-12H,5-8H2,1-2H3,(H,22,25)/t12-/m1/s1. The highest BCUT2D eigenvalue weighted by atomic mass is 16.6. The lowest BCUT2D eigenvalue weighted by Gasteiger charge is -2.21. The van der Waals surface area contributed by atoms with Gasteiger partial charge in [0.05, 0.1) is 18.6 Å². The van der Waals surface area contributed by atoms with Crippen LogP contribution in [0.25, 0.3) is 11.0 Å². The number of benzene rings is 1. The molecule has 1 amide bonds. The molecule has 9 nitrogen and oxygen atoms in total. The number of nitrogens with zero attached hydrogens (tertiary/aromatic N) is 4. The van der Waals surface area contributed by atoms with Gasteiger partial charge in [0, 0.05) is 20.0 Å². The van der Waals surface area contributed by atoms with Crippen molar-refractivity contribution in [3.8, 4) is 11.5 Å². The summed E-state index contributed by atoms with van der Waals surface area (Å²) in [5, 5.41) is 7.43. The van der Waals surface area contributed by atoms with Crippen molar-refractivity contribution in [1.82, 2.24) is 24.6 Å². The van der Waals surface area contributed by atoms with Crippen molar-refractivity contribution in [3.63, 3.8) is 0 Å². The molecule has 0 saturated carbocycles. The molecule has 0 fully saturated rings. The summed E-state index contributed by atoms with van der Waals surface area (Å²) in [5.74, 6) is 1.25. The van der Waals surface area contributed by atoms with E-state index in [-0.39, 0.29) is 30.5 Å². The van der Waals surface area contributed by atoms with Crippen molar-refractivity contribution in [2.75, 3.05) is 13.2 Å². The van der Waals surface area contributed by atoms with Gasteiger partial charge in [0.2, 0.25) is 5.91 Å². The summed E-state index contributed by atoms with van der Waals surface area (Å²) in [5.41, 5.74) is 1.25. The number of fused-ring (bicyclic) bond motifs is 2. The van der Waals surface area contributed by atoms with Crippen molar-refractivity contribution in [2.45, 2.75) is 25.9 Å². The molecule has 0 aliphatic carbocycles. The van der Waals surface area contributed by atoms with Gasteiger partial charge in [-0.2, -0.15) is 5.10 Å². The monoisotopic (exact) mass is 383 g/mol. The van der Waals surface area contributed by atoms with E-state index in [4.69, 9.17) is 9.47 Å². The fourth-order valence-electron chi connectivity index (χ4n) is 3.17. The van der Waals surface area contributed by atoms with E-state index in [1.54, 1.807) is 11.7 Å². The fourth-order valence-corrected chi connectivity index (χ4v) is 3.17. The third-order valence-corrected chi connectivity index (χ3v) is 4.74. The van der Waals surface area contributed by atoms with Gasteiger partial charge in [0.15, 0.2) is 17.1 Å². The summed E-state index contributed by atoms with van der Waals surface area (Å²) in [4.78, 5) is 29.0. The maximum atomic E-state index is 12.4. The van der Waals surface area contributed by atoms with E-state index in [1.165, 1.54) is 17.1 Å². The smallest absolute Gasteiger partial charge is 0.264 e. The minimum atomic E-state index is -0.203. The van der Waals surface area contributed by atoms with Crippen molar-refractivity contribution >= 4 is 16.9 Å². The third-order valence-electron chi connectivity index (χ3n) is 4.74. The molecule has 4 rings (SSSR count). The van der Waals surface area contributed by atoms with Crippen LogP contribution in [0.4, 0.5) is 0 Å². The molecule has 0 spiro atoms. The normalized spacial score (nSPS) is 14.1. The van der Waals surface area contributed by atoms with E-state index in [0.29, 0.717) is 35.7 Å². The van der Waals surface area contributed by atoms with Crippen LogP contribution in [-0.4, -0.2) is 38.5 Å². The average Bonchev–Trinajstić information content (AvgIpc) is 3.08. The van der Waals surface area contributed by atoms with Crippen LogP contribution >= 0.6 is 0 Å². The molecule has 28 heavy (non-hydrogen) atoms. The predicted octanol–water partition coefficient (Wildman–Crippen LogP) is 1.17. The highest BCUT2D eigenvalue weighted by molar-refractivity contribution is 5.76. The zero-order chi connectivity index (χ0) is 19.7. The number of carbonyl (C=O) groups excluding carboxylic acids is 1. The van der Waals surface area contributed by atoms with E-state index >= 15 is 0 Å². The van der Waals surface area contributed by atoms with Gasteiger partial charge in [-0.15, -0.1) is 0 Å². The molecule has 146 valence electrons. The van der Waals surface area contributed by atoms with Gasteiger partial charge >= 0.3 is 0 Å². The highest BCUT2D eigenvalue weighted by Crippen LogP contribution is 2.32. The number of ether oxygens (including phenoxy) is 2. The second-order valence-electron chi connectivity index (χ2n) is 6.69. The second-order valence-corrected chi connectivity index (χ2v) is 6.69.